The van der Waals surface area contributed by atoms with Crippen LogP contribution in [0.1, 0.15) is 19.0 Å². The van der Waals surface area contributed by atoms with Gasteiger partial charge in [0, 0.05) is 31.9 Å². The number of hydrogen-bond acceptors (Lipinski definition) is 3. The number of nitrogens with one attached hydrogen (secondary N) is 1. The largest absolute Gasteiger partial charge is 0.315 e. The van der Waals surface area contributed by atoms with E-state index in [1.807, 2.05) is 12.3 Å². The average molecular weight is 205 g/mol. The Bertz CT molecular complexity index is 286. The van der Waals surface area contributed by atoms with Crippen LogP contribution in [0.2, 0.25) is 0 Å². The highest BCUT2D eigenvalue weighted by Crippen LogP contribution is 2.08. The van der Waals surface area contributed by atoms with Gasteiger partial charge in [0.1, 0.15) is 0 Å². The quantitative estimate of drug-likeness (QED) is 0.788. The lowest BCUT2D eigenvalue weighted by Gasteiger charge is -2.25. The van der Waals surface area contributed by atoms with Crippen LogP contribution in [0, 0.1) is 0 Å². The Morgan fingerprint density at radius 1 is 1.53 bits per heavy atom. The molecule has 1 unspecified atom stereocenters. The van der Waals surface area contributed by atoms with Crippen LogP contribution < -0.4 is 5.32 Å². The fraction of sp³-hybridized carbons (Fsp3) is 0.583. The summed E-state index contributed by atoms with van der Waals surface area (Å²) in [4.78, 5) is 6.88. The maximum Gasteiger partial charge on any atom is 0.0544 e. The Morgan fingerprint density at radius 3 is 3.27 bits per heavy atom. The van der Waals surface area contributed by atoms with Crippen LogP contribution in [0.3, 0.4) is 0 Å². The van der Waals surface area contributed by atoms with E-state index in [2.05, 4.69) is 34.3 Å². The second-order valence-electron chi connectivity index (χ2n) is 4.20. The van der Waals surface area contributed by atoms with Crippen molar-refractivity contribution in [3.05, 3.63) is 30.1 Å². The molecular weight excluding hydrogens is 186 g/mol. The van der Waals surface area contributed by atoms with Gasteiger partial charge in [0.2, 0.25) is 0 Å². The molecule has 2 heterocycles. The molecule has 1 aromatic rings. The Labute approximate surface area is 91.5 Å². The third kappa shape index (κ3) is 3.01. The van der Waals surface area contributed by atoms with Crippen LogP contribution in [0.4, 0.5) is 0 Å². The van der Waals surface area contributed by atoms with Crippen molar-refractivity contribution in [1.82, 2.24) is 15.2 Å². The van der Waals surface area contributed by atoms with E-state index in [0.29, 0.717) is 6.04 Å². The zero-order chi connectivity index (χ0) is 10.5. The summed E-state index contributed by atoms with van der Waals surface area (Å²) < 4.78 is 0. The minimum Gasteiger partial charge on any atom is -0.315 e. The third-order valence-corrected chi connectivity index (χ3v) is 2.95. The van der Waals surface area contributed by atoms with Gasteiger partial charge in [0.25, 0.3) is 0 Å². The second-order valence-corrected chi connectivity index (χ2v) is 4.20. The van der Waals surface area contributed by atoms with Crippen molar-refractivity contribution in [2.24, 2.45) is 0 Å². The topological polar surface area (TPSA) is 28.2 Å². The molecule has 2 rings (SSSR count). The Kier molecular flexibility index (Phi) is 3.69. The van der Waals surface area contributed by atoms with Gasteiger partial charge in [-0.15, -0.1) is 0 Å². The molecule has 0 amide bonds. The van der Waals surface area contributed by atoms with E-state index < -0.39 is 0 Å². The van der Waals surface area contributed by atoms with Gasteiger partial charge in [-0.1, -0.05) is 6.07 Å². The number of hydrogen-bond donors (Lipinski definition) is 1. The van der Waals surface area contributed by atoms with Gasteiger partial charge in [-0.25, -0.2) is 0 Å². The van der Waals surface area contributed by atoms with Crippen molar-refractivity contribution in [3.8, 4) is 0 Å². The Morgan fingerprint density at radius 2 is 2.47 bits per heavy atom. The highest BCUT2D eigenvalue weighted by Gasteiger charge is 2.16. The van der Waals surface area contributed by atoms with E-state index in [-0.39, 0.29) is 0 Å². The molecule has 1 atom stereocenters. The smallest absolute Gasteiger partial charge is 0.0544 e. The van der Waals surface area contributed by atoms with Crippen molar-refractivity contribution in [1.29, 1.82) is 0 Å². The molecule has 0 saturated carbocycles. The van der Waals surface area contributed by atoms with Crippen molar-refractivity contribution >= 4 is 0 Å². The van der Waals surface area contributed by atoms with E-state index in [9.17, 15) is 0 Å². The monoisotopic (exact) mass is 205 g/mol. The van der Waals surface area contributed by atoms with Crippen molar-refractivity contribution in [2.45, 2.75) is 25.9 Å². The summed E-state index contributed by atoms with van der Waals surface area (Å²) in [5.74, 6) is 0. The van der Waals surface area contributed by atoms with Crippen molar-refractivity contribution in [2.75, 3.05) is 19.6 Å². The number of aromatic nitrogens is 1. The number of rotatable bonds is 2. The van der Waals surface area contributed by atoms with Crippen LogP contribution >= 0.6 is 0 Å². The summed E-state index contributed by atoms with van der Waals surface area (Å²) >= 11 is 0. The van der Waals surface area contributed by atoms with Gasteiger partial charge in [0.15, 0.2) is 0 Å². The Hall–Kier alpha value is -0.930. The molecule has 1 aliphatic rings. The van der Waals surface area contributed by atoms with Crippen LogP contribution in [0.5, 0.6) is 0 Å². The molecule has 1 aliphatic heterocycles. The SMILES string of the molecule is CC1CNCCCN1Cc1ccccn1. The summed E-state index contributed by atoms with van der Waals surface area (Å²) in [7, 11) is 0. The van der Waals surface area contributed by atoms with Gasteiger partial charge in [-0.3, -0.25) is 9.88 Å². The minimum absolute atomic E-state index is 0.606. The lowest BCUT2D eigenvalue weighted by atomic mass is 10.2. The van der Waals surface area contributed by atoms with Crippen LogP contribution in [-0.4, -0.2) is 35.6 Å². The van der Waals surface area contributed by atoms with Crippen LogP contribution in [-0.2, 0) is 6.54 Å². The molecule has 0 radical (unpaired) electrons. The molecule has 0 spiro atoms. The maximum absolute atomic E-state index is 4.38. The highest BCUT2D eigenvalue weighted by atomic mass is 15.2. The molecule has 1 aromatic heterocycles. The van der Waals surface area contributed by atoms with Crippen molar-refractivity contribution < 1.29 is 0 Å². The molecular formula is C12H19N3. The number of pyridine rings is 1. The van der Waals surface area contributed by atoms with Crippen molar-refractivity contribution in [3.63, 3.8) is 0 Å². The summed E-state index contributed by atoms with van der Waals surface area (Å²) in [5, 5.41) is 3.45. The fourth-order valence-electron chi connectivity index (χ4n) is 2.00. The van der Waals surface area contributed by atoms with E-state index in [1.165, 1.54) is 18.7 Å². The molecule has 15 heavy (non-hydrogen) atoms. The van der Waals surface area contributed by atoms with E-state index in [0.717, 1.165) is 19.6 Å². The van der Waals surface area contributed by atoms with E-state index in [1.54, 1.807) is 0 Å². The van der Waals surface area contributed by atoms with Gasteiger partial charge in [0.05, 0.1) is 5.69 Å². The highest BCUT2D eigenvalue weighted by molar-refractivity contribution is 5.03. The van der Waals surface area contributed by atoms with E-state index >= 15 is 0 Å². The predicted octanol–water partition coefficient (Wildman–Crippen LogP) is 1.27. The molecule has 1 N–H and O–H groups in total. The molecule has 1 fully saturated rings. The van der Waals surface area contributed by atoms with Gasteiger partial charge in [-0.2, -0.15) is 0 Å². The molecule has 0 aromatic carbocycles. The summed E-state index contributed by atoms with van der Waals surface area (Å²) in [6.07, 6.45) is 3.10. The summed E-state index contributed by atoms with van der Waals surface area (Å²) in [5.41, 5.74) is 1.17. The standard InChI is InChI=1S/C12H19N3/c1-11-9-13-6-4-8-15(11)10-12-5-2-3-7-14-12/h2-3,5,7,11,13H,4,6,8-10H2,1H3. The summed E-state index contributed by atoms with van der Waals surface area (Å²) in [6.45, 7) is 6.66. The van der Waals surface area contributed by atoms with Gasteiger partial charge >= 0.3 is 0 Å². The first-order valence-electron chi connectivity index (χ1n) is 5.71. The molecule has 0 bridgehead atoms. The van der Waals surface area contributed by atoms with E-state index in [4.69, 9.17) is 0 Å². The maximum atomic E-state index is 4.38. The third-order valence-electron chi connectivity index (χ3n) is 2.95. The fourth-order valence-corrected chi connectivity index (χ4v) is 2.00. The zero-order valence-corrected chi connectivity index (χ0v) is 9.32. The lowest BCUT2D eigenvalue weighted by molar-refractivity contribution is 0.211. The first-order chi connectivity index (χ1) is 7.36. The molecule has 3 nitrogen and oxygen atoms in total. The molecule has 0 aliphatic carbocycles. The first-order valence-corrected chi connectivity index (χ1v) is 5.71. The molecule has 82 valence electrons. The second kappa shape index (κ2) is 5.24. The van der Waals surface area contributed by atoms with Crippen LogP contribution in [0.25, 0.3) is 0 Å². The Balaban J connectivity index is 1.97. The van der Waals surface area contributed by atoms with Crippen LogP contribution in [0.15, 0.2) is 24.4 Å². The molecule has 1 saturated heterocycles. The number of nitrogens with zero attached hydrogens (tertiary/aromatic N) is 2. The molecule has 3 heteroatoms. The lowest BCUT2D eigenvalue weighted by Crippen LogP contribution is -2.36. The zero-order valence-electron chi connectivity index (χ0n) is 9.32. The van der Waals surface area contributed by atoms with Gasteiger partial charge < -0.3 is 5.32 Å². The minimum atomic E-state index is 0.606. The average Bonchev–Trinajstić information content (AvgIpc) is 2.46. The predicted molar refractivity (Wildman–Crippen MR) is 61.6 cm³/mol. The van der Waals surface area contributed by atoms with Gasteiger partial charge in [-0.05, 0) is 32.0 Å². The first kappa shape index (κ1) is 10.6. The summed E-state index contributed by atoms with van der Waals surface area (Å²) in [6, 6.07) is 6.74. The normalized spacial score (nSPS) is 23.7.